The summed E-state index contributed by atoms with van der Waals surface area (Å²) in [5.74, 6) is -1.45. The highest BCUT2D eigenvalue weighted by Gasteiger charge is 2.31. The summed E-state index contributed by atoms with van der Waals surface area (Å²) in [6.07, 6.45) is 1.52. The number of carbonyl (C=O) groups is 2. The first-order valence-electron chi connectivity index (χ1n) is 5.95. The average Bonchev–Trinajstić information content (AvgIpc) is 2.97. The zero-order valence-corrected chi connectivity index (χ0v) is 11.7. The molecular formula is C13H10F3N3O2S. The van der Waals surface area contributed by atoms with E-state index >= 15 is 0 Å². The number of aromatic amines is 1. The van der Waals surface area contributed by atoms with E-state index in [4.69, 9.17) is 0 Å². The molecule has 0 fully saturated rings. The van der Waals surface area contributed by atoms with Gasteiger partial charge in [0.25, 0.3) is 11.8 Å². The van der Waals surface area contributed by atoms with Crippen molar-refractivity contribution in [1.82, 2.24) is 15.8 Å². The minimum absolute atomic E-state index is 0.184. The molecule has 0 aliphatic rings. The van der Waals surface area contributed by atoms with Crippen LogP contribution in [0.1, 0.15) is 20.8 Å². The lowest BCUT2D eigenvalue weighted by molar-refractivity contribution is -0.0328. The number of nitrogens with one attached hydrogen (secondary N) is 3. The maximum Gasteiger partial charge on any atom is 0.446 e. The van der Waals surface area contributed by atoms with Crippen molar-refractivity contribution in [1.29, 1.82) is 0 Å². The second kappa shape index (κ2) is 6.56. The SMILES string of the molecule is O=C(NNC(=O)c1ccccc1SC(F)(F)F)c1ccc[nH]1. The minimum Gasteiger partial charge on any atom is -0.357 e. The standard InChI is InChI=1S/C13H10F3N3O2S/c14-13(15,16)22-10-6-2-1-4-8(10)11(20)18-19-12(21)9-5-3-7-17-9/h1-7,17H,(H,18,20)(H,19,21). The van der Waals surface area contributed by atoms with E-state index in [1.807, 2.05) is 0 Å². The van der Waals surface area contributed by atoms with Crippen LogP contribution in [0, 0.1) is 0 Å². The van der Waals surface area contributed by atoms with Gasteiger partial charge in [0.1, 0.15) is 5.69 Å². The number of rotatable bonds is 3. The maximum absolute atomic E-state index is 12.4. The Kier molecular flexibility index (Phi) is 4.76. The number of halogens is 3. The topological polar surface area (TPSA) is 74.0 Å². The first kappa shape index (κ1) is 16.0. The van der Waals surface area contributed by atoms with Crippen molar-refractivity contribution in [3.05, 3.63) is 53.9 Å². The number of carbonyl (C=O) groups excluding carboxylic acids is 2. The smallest absolute Gasteiger partial charge is 0.357 e. The van der Waals surface area contributed by atoms with E-state index in [2.05, 4.69) is 15.8 Å². The summed E-state index contributed by atoms with van der Waals surface area (Å²) >= 11 is -0.392. The molecule has 1 aromatic carbocycles. The van der Waals surface area contributed by atoms with E-state index in [1.54, 1.807) is 6.07 Å². The Morgan fingerprint density at radius 2 is 1.68 bits per heavy atom. The second-order valence-electron chi connectivity index (χ2n) is 4.04. The summed E-state index contributed by atoms with van der Waals surface area (Å²) in [7, 11) is 0. The lowest BCUT2D eigenvalue weighted by atomic mass is 10.2. The molecule has 0 spiro atoms. The molecule has 1 aromatic heterocycles. The summed E-state index contributed by atoms with van der Waals surface area (Å²) in [4.78, 5) is 25.9. The third-order valence-electron chi connectivity index (χ3n) is 2.49. The summed E-state index contributed by atoms with van der Waals surface area (Å²) < 4.78 is 37.3. The molecule has 0 saturated heterocycles. The van der Waals surface area contributed by atoms with Gasteiger partial charge in [0.2, 0.25) is 0 Å². The molecular weight excluding hydrogens is 319 g/mol. The van der Waals surface area contributed by atoms with E-state index < -0.39 is 29.1 Å². The fourth-order valence-corrected chi connectivity index (χ4v) is 2.25. The molecule has 2 rings (SSSR count). The van der Waals surface area contributed by atoms with Gasteiger partial charge in [-0.1, -0.05) is 12.1 Å². The zero-order valence-electron chi connectivity index (χ0n) is 10.9. The van der Waals surface area contributed by atoms with Crippen molar-refractivity contribution in [3.63, 3.8) is 0 Å². The number of hydrogen-bond donors (Lipinski definition) is 3. The Morgan fingerprint density at radius 3 is 2.32 bits per heavy atom. The van der Waals surface area contributed by atoms with Gasteiger partial charge in [0.15, 0.2) is 0 Å². The van der Waals surface area contributed by atoms with E-state index in [0.29, 0.717) is 0 Å². The van der Waals surface area contributed by atoms with Crippen molar-refractivity contribution in [2.24, 2.45) is 0 Å². The first-order chi connectivity index (χ1) is 10.4. The monoisotopic (exact) mass is 329 g/mol. The van der Waals surface area contributed by atoms with Gasteiger partial charge in [-0.05, 0) is 36.0 Å². The molecule has 3 N–H and O–H groups in total. The molecule has 0 unspecified atom stereocenters. The number of thioether (sulfide) groups is 1. The fourth-order valence-electron chi connectivity index (χ4n) is 1.59. The lowest BCUT2D eigenvalue weighted by Gasteiger charge is -2.11. The molecule has 0 bridgehead atoms. The van der Waals surface area contributed by atoms with Crippen molar-refractivity contribution in [2.75, 3.05) is 0 Å². The van der Waals surface area contributed by atoms with Crippen LogP contribution in [0.2, 0.25) is 0 Å². The number of alkyl halides is 3. The van der Waals surface area contributed by atoms with Crippen LogP contribution in [-0.2, 0) is 0 Å². The van der Waals surface area contributed by atoms with Gasteiger partial charge in [-0.3, -0.25) is 20.4 Å². The van der Waals surface area contributed by atoms with E-state index in [0.717, 1.165) is 0 Å². The largest absolute Gasteiger partial charge is 0.446 e. The third kappa shape index (κ3) is 4.29. The van der Waals surface area contributed by atoms with Crippen LogP contribution in [0.15, 0.2) is 47.5 Å². The van der Waals surface area contributed by atoms with E-state index in [9.17, 15) is 22.8 Å². The van der Waals surface area contributed by atoms with Crippen LogP contribution in [0.4, 0.5) is 13.2 Å². The van der Waals surface area contributed by atoms with Crippen LogP contribution < -0.4 is 10.9 Å². The molecule has 5 nitrogen and oxygen atoms in total. The van der Waals surface area contributed by atoms with Gasteiger partial charge in [0, 0.05) is 11.1 Å². The number of benzene rings is 1. The highest BCUT2D eigenvalue weighted by molar-refractivity contribution is 8.00. The van der Waals surface area contributed by atoms with Gasteiger partial charge < -0.3 is 4.98 Å². The molecule has 0 saturated carbocycles. The number of hydrogen-bond acceptors (Lipinski definition) is 3. The van der Waals surface area contributed by atoms with Gasteiger partial charge in [0.05, 0.1) is 5.56 Å². The predicted molar refractivity (Wildman–Crippen MR) is 74.1 cm³/mol. The molecule has 0 aliphatic heterocycles. The molecule has 2 aromatic rings. The maximum atomic E-state index is 12.4. The number of H-pyrrole nitrogens is 1. The highest BCUT2D eigenvalue weighted by Crippen LogP contribution is 2.38. The molecule has 2 amide bonds. The van der Waals surface area contributed by atoms with Crippen molar-refractivity contribution >= 4 is 23.6 Å². The lowest BCUT2D eigenvalue weighted by Crippen LogP contribution is -2.42. The Hall–Kier alpha value is -2.42. The summed E-state index contributed by atoms with van der Waals surface area (Å²) in [5, 5.41) is 0. The number of aromatic nitrogens is 1. The van der Waals surface area contributed by atoms with Crippen LogP contribution in [0.5, 0.6) is 0 Å². The van der Waals surface area contributed by atoms with Gasteiger partial charge in [-0.15, -0.1) is 0 Å². The van der Waals surface area contributed by atoms with Crippen LogP contribution in [0.25, 0.3) is 0 Å². The summed E-state index contributed by atoms with van der Waals surface area (Å²) in [6, 6.07) is 8.32. The second-order valence-corrected chi connectivity index (χ2v) is 5.14. The quantitative estimate of drug-likeness (QED) is 0.599. The highest BCUT2D eigenvalue weighted by atomic mass is 32.2. The van der Waals surface area contributed by atoms with E-state index in [-0.39, 0.29) is 16.2 Å². The van der Waals surface area contributed by atoms with Crippen LogP contribution >= 0.6 is 11.8 Å². The van der Waals surface area contributed by atoms with Gasteiger partial charge in [-0.2, -0.15) is 13.2 Å². The Balaban J connectivity index is 2.05. The van der Waals surface area contributed by atoms with Crippen LogP contribution in [-0.4, -0.2) is 22.3 Å². The van der Waals surface area contributed by atoms with Crippen LogP contribution in [0.3, 0.4) is 0 Å². The predicted octanol–water partition coefficient (Wildman–Crippen LogP) is 2.70. The minimum atomic E-state index is -4.51. The summed E-state index contributed by atoms with van der Waals surface area (Å²) in [6.45, 7) is 0. The molecule has 0 aliphatic carbocycles. The molecule has 9 heteroatoms. The van der Waals surface area contributed by atoms with Gasteiger partial charge >= 0.3 is 5.51 Å². The fraction of sp³-hybridized carbons (Fsp3) is 0.0769. The molecule has 1 heterocycles. The molecule has 0 atom stereocenters. The normalized spacial score (nSPS) is 11.0. The average molecular weight is 329 g/mol. The summed E-state index contributed by atoms with van der Waals surface area (Å²) in [5.41, 5.74) is -0.300. The zero-order chi connectivity index (χ0) is 16.2. The van der Waals surface area contributed by atoms with Gasteiger partial charge in [-0.25, -0.2) is 0 Å². The molecule has 116 valence electrons. The van der Waals surface area contributed by atoms with E-state index in [1.165, 1.54) is 36.5 Å². The van der Waals surface area contributed by atoms with Crippen molar-refractivity contribution in [3.8, 4) is 0 Å². The number of hydrazine groups is 1. The Morgan fingerprint density at radius 1 is 1.00 bits per heavy atom. The first-order valence-corrected chi connectivity index (χ1v) is 6.77. The number of amides is 2. The Labute approximate surface area is 127 Å². The Bertz CT molecular complexity index is 671. The van der Waals surface area contributed by atoms with Crippen molar-refractivity contribution < 1.29 is 22.8 Å². The third-order valence-corrected chi connectivity index (χ3v) is 3.30. The van der Waals surface area contributed by atoms with Crippen molar-refractivity contribution in [2.45, 2.75) is 10.4 Å². The molecule has 0 radical (unpaired) electrons. The molecule has 22 heavy (non-hydrogen) atoms.